The van der Waals surface area contributed by atoms with E-state index < -0.39 is 17.8 Å². The van der Waals surface area contributed by atoms with E-state index in [0.717, 1.165) is 19.6 Å². The summed E-state index contributed by atoms with van der Waals surface area (Å²) in [7, 11) is 0. The number of halogens is 1. The molecule has 1 fully saturated rings. The number of amides is 4. The highest BCUT2D eigenvalue weighted by atomic mass is 127. The summed E-state index contributed by atoms with van der Waals surface area (Å²) in [6, 6.07) is 15.3. The van der Waals surface area contributed by atoms with Crippen LogP contribution in [0.1, 0.15) is 23.6 Å². The van der Waals surface area contributed by atoms with Gasteiger partial charge in [-0.2, -0.15) is 0 Å². The van der Waals surface area contributed by atoms with Crippen LogP contribution in [0.15, 0.2) is 60.2 Å². The fraction of sp³-hybridized carbons (Fsp3) is 0.179. The Bertz CT molecular complexity index is 1480. The van der Waals surface area contributed by atoms with Gasteiger partial charge >= 0.3 is 6.03 Å². The van der Waals surface area contributed by atoms with Crippen LogP contribution in [0.25, 0.3) is 6.08 Å². The van der Waals surface area contributed by atoms with Gasteiger partial charge in [0, 0.05) is 6.07 Å². The highest BCUT2D eigenvalue weighted by Crippen LogP contribution is 2.38. The zero-order valence-corrected chi connectivity index (χ0v) is 22.7. The van der Waals surface area contributed by atoms with Crippen molar-refractivity contribution in [1.82, 2.24) is 5.32 Å². The number of ether oxygens (including phenoxy) is 4. The van der Waals surface area contributed by atoms with Gasteiger partial charge in [0.1, 0.15) is 12.2 Å². The third-order valence-corrected chi connectivity index (χ3v) is 6.63. The number of benzene rings is 3. The van der Waals surface area contributed by atoms with Crippen LogP contribution in [-0.4, -0.2) is 31.2 Å². The minimum absolute atomic E-state index is 0.0497. The number of anilines is 1. The lowest BCUT2D eigenvalue weighted by Gasteiger charge is -2.26. The molecule has 10 heteroatoms. The largest absolute Gasteiger partial charge is 0.490 e. The Labute approximate surface area is 232 Å². The minimum Gasteiger partial charge on any atom is -0.490 e. The molecular formula is C28H23IN2O7. The summed E-state index contributed by atoms with van der Waals surface area (Å²) < 4.78 is 23.3. The molecule has 1 saturated heterocycles. The van der Waals surface area contributed by atoms with E-state index in [9.17, 15) is 14.4 Å². The first kappa shape index (κ1) is 25.6. The van der Waals surface area contributed by atoms with Gasteiger partial charge in [-0.25, -0.2) is 9.69 Å². The number of rotatable bonds is 7. The van der Waals surface area contributed by atoms with Gasteiger partial charge < -0.3 is 18.9 Å². The van der Waals surface area contributed by atoms with Gasteiger partial charge in [0.05, 0.1) is 15.9 Å². The van der Waals surface area contributed by atoms with E-state index in [-0.39, 0.29) is 18.1 Å². The Hall–Kier alpha value is -4.06. The number of carbonyl (C=O) groups is 3. The summed E-state index contributed by atoms with van der Waals surface area (Å²) in [6.07, 6.45) is 1.43. The summed E-state index contributed by atoms with van der Waals surface area (Å²) in [5.74, 6) is 0.407. The highest BCUT2D eigenvalue weighted by Gasteiger charge is 2.37. The summed E-state index contributed by atoms with van der Waals surface area (Å²) >= 11 is 2.13. The predicted octanol–water partition coefficient (Wildman–Crippen LogP) is 4.97. The van der Waals surface area contributed by atoms with E-state index in [4.69, 9.17) is 18.9 Å². The molecule has 9 nitrogen and oxygen atoms in total. The van der Waals surface area contributed by atoms with Gasteiger partial charge in [-0.1, -0.05) is 29.8 Å². The average molecular weight is 626 g/mol. The molecule has 0 aliphatic carbocycles. The third kappa shape index (κ3) is 5.17. The maximum atomic E-state index is 13.3. The first-order valence-corrected chi connectivity index (χ1v) is 12.9. The van der Waals surface area contributed by atoms with Crippen LogP contribution in [-0.2, 0) is 16.2 Å². The SMILES string of the molecule is CCOc1cc(/C=C2\C(=O)NC(=O)N(c3ccc4c(c3)OCO4)C2=O)cc(I)c1OCc1cccc(C)c1. The Morgan fingerprint density at radius 2 is 1.84 bits per heavy atom. The second-order valence-electron chi connectivity index (χ2n) is 8.54. The molecule has 1 N–H and O–H groups in total. The van der Waals surface area contributed by atoms with Crippen LogP contribution in [0, 0.1) is 10.5 Å². The van der Waals surface area contributed by atoms with E-state index in [1.54, 1.807) is 24.3 Å². The average Bonchev–Trinajstić information content (AvgIpc) is 3.34. The molecule has 0 aromatic heterocycles. The number of barbiturate groups is 1. The number of fused-ring (bicyclic) bond motifs is 1. The van der Waals surface area contributed by atoms with Gasteiger partial charge in [-0.15, -0.1) is 0 Å². The Balaban J connectivity index is 1.45. The molecule has 2 heterocycles. The molecule has 0 spiro atoms. The topological polar surface area (TPSA) is 103 Å². The molecule has 2 aliphatic heterocycles. The molecular weight excluding hydrogens is 603 g/mol. The predicted molar refractivity (Wildman–Crippen MR) is 147 cm³/mol. The van der Waals surface area contributed by atoms with Crippen molar-refractivity contribution in [3.8, 4) is 23.0 Å². The zero-order chi connectivity index (χ0) is 26.8. The summed E-state index contributed by atoms with van der Waals surface area (Å²) in [4.78, 5) is 39.5. The summed E-state index contributed by atoms with van der Waals surface area (Å²) in [6.45, 7) is 4.67. The van der Waals surface area contributed by atoms with Crippen molar-refractivity contribution < 1.29 is 33.3 Å². The van der Waals surface area contributed by atoms with Crippen molar-refractivity contribution >= 4 is 52.2 Å². The van der Waals surface area contributed by atoms with Crippen LogP contribution in [0.3, 0.4) is 0 Å². The molecule has 2 aliphatic rings. The lowest BCUT2D eigenvalue weighted by atomic mass is 10.1. The van der Waals surface area contributed by atoms with Crippen molar-refractivity contribution in [1.29, 1.82) is 0 Å². The van der Waals surface area contributed by atoms with Gasteiger partial charge in [-0.05, 0) is 77.9 Å². The zero-order valence-electron chi connectivity index (χ0n) is 20.6. The van der Waals surface area contributed by atoms with Crippen molar-refractivity contribution in [3.63, 3.8) is 0 Å². The molecule has 4 amide bonds. The molecule has 5 rings (SSSR count). The van der Waals surface area contributed by atoms with Crippen molar-refractivity contribution in [2.45, 2.75) is 20.5 Å². The van der Waals surface area contributed by atoms with E-state index in [1.165, 1.54) is 12.1 Å². The first-order valence-electron chi connectivity index (χ1n) is 11.8. The van der Waals surface area contributed by atoms with Gasteiger partial charge in [-0.3, -0.25) is 14.9 Å². The smallest absolute Gasteiger partial charge is 0.335 e. The molecule has 0 bridgehead atoms. The standard InChI is InChI=1S/C28H23IN2O7/c1-3-35-24-12-18(11-21(29)25(24)36-14-17-6-4-5-16(2)9-17)10-20-26(32)30-28(34)31(27(20)33)19-7-8-22-23(13-19)38-15-37-22/h4-13H,3,14-15H2,1-2H3,(H,30,32,34)/b20-10+. The summed E-state index contributed by atoms with van der Waals surface area (Å²) in [5, 5.41) is 2.23. The normalized spacial score (nSPS) is 15.6. The second kappa shape index (κ2) is 10.7. The monoisotopic (exact) mass is 626 g/mol. The maximum absolute atomic E-state index is 13.3. The fourth-order valence-electron chi connectivity index (χ4n) is 4.11. The molecule has 3 aromatic rings. The van der Waals surface area contributed by atoms with Crippen LogP contribution in [0.4, 0.5) is 10.5 Å². The number of carbonyl (C=O) groups excluding carboxylic acids is 3. The molecule has 38 heavy (non-hydrogen) atoms. The van der Waals surface area contributed by atoms with E-state index in [2.05, 4.69) is 27.9 Å². The number of hydrogen-bond acceptors (Lipinski definition) is 7. The van der Waals surface area contributed by atoms with E-state index >= 15 is 0 Å². The Kier molecular flexibility index (Phi) is 7.23. The van der Waals surface area contributed by atoms with E-state index in [0.29, 0.717) is 41.8 Å². The molecule has 0 saturated carbocycles. The van der Waals surface area contributed by atoms with Crippen molar-refractivity contribution in [2.24, 2.45) is 0 Å². The number of nitrogens with one attached hydrogen (secondary N) is 1. The third-order valence-electron chi connectivity index (χ3n) is 5.82. The van der Waals surface area contributed by atoms with Crippen molar-refractivity contribution in [3.05, 3.63) is 80.4 Å². The second-order valence-corrected chi connectivity index (χ2v) is 9.70. The van der Waals surface area contributed by atoms with Gasteiger partial charge in [0.15, 0.2) is 23.0 Å². The summed E-state index contributed by atoms with van der Waals surface area (Å²) in [5.41, 5.74) is 2.75. The van der Waals surface area contributed by atoms with Gasteiger partial charge in [0.25, 0.3) is 11.8 Å². The number of imide groups is 2. The molecule has 194 valence electrons. The fourth-order valence-corrected chi connectivity index (χ4v) is 4.90. The number of aryl methyl sites for hydroxylation is 1. The molecule has 0 radical (unpaired) electrons. The van der Waals surface area contributed by atoms with Crippen LogP contribution < -0.4 is 29.2 Å². The number of hydrogen-bond donors (Lipinski definition) is 1. The van der Waals surface area contributed by atoms with Crippen molar-refractivity contribution in [2.75, 3.05) is 18.3 Å². The van der Waals surface area contributed by atoms with Crippen LogP contribution in [0.2, 0.25) is 0 Å². The highest BCUT2D eigenvalue weighted by molar-refractivity contribution is 14.1. The van der Waals surface area contributed by atoms with Crippen LogP contribution in [0.5, 0.6) is 23.0 Å². The van der Waals surface area contributed by atoms with Crippen LogP contribution >= 0.6 is 22.6 Å². The quantitative estimate of drug-likeness (QED) is 0.225. The lowest BCUT2D eigenvalue weighted by Crippen LogP contribution is -2.54. The first-order chi connectivity index (χ1) is 18.3. The maximum Gasteiger partial charge on any atom is 0.335 e. The number of nitrogens with zero attached hydrogens (tertiary/aromatic N) is 1. The molecule has 0 atom stereocenters. The lowest BCUT2D eigenvalue weighted by molar-refractivity contribution is -0.122. The van der Waals surface area contributed by atoms with Gasteiger partial charge in [0.2, 0.25) is 6.79 Å². The number of urea groups is 1. The Morgan fingerprint density at radius 1 is 1.03 bits per heavy atom. The molecule has 3 aromatic carbocycles. The minimum atomic E-state index is -0.847. The Morgan fingerprint density at radius 3 is 2.63 bits per heavy atom. The molecule has 0 unspecified atom stereocenters. The van der Waals surface area contributed by atoms with E-state index in [1.807, 2.05) is 38.1 Å².